The number of ether oxygens (including phenoxy) is 3. The number of carbonyl (C=O) groups excluding carboxylic acids is 2. The Morgan fingerprint density at radius 1 is 0.969 bits per heavy atom. The van der Waals surface area contributed by atoms with E-state index >= 15 is 0 Å². The number of piperidine rings is 1. The van der Waals surface area contributed by atoms with Crippen molar-refractivity contribution in [3.63, 3.8) is 0 Å². The standard InChI is InChI=1S/C25H30N2O5/c1-30-23-10-6-5-9-21(23)25(29)27-12-11-22(32-20-7-3-2-4-8-20)19(18-27)17-24(28)26-13-15-31-16-14-26/h2-10,19,22H,11-18H2,1H3/t19-,22-/m0/s1. The minimum absolute atomic E-state index is 0.0792. The highest BCUT2D eigenvalue weighted by Gasteiger charge is 2.36. The molecule has 0 spiro atoms. The van der Waals surface area contributed by atoms with E-state index in [-0.39, 0.29) is 23.8 Å². The summed E-state index contributed by atoms with van der Waals surface area (Å²) in [5, 5.41) is 0. The summed E-state index contributed by atoms with van der Waals surface area (Å²) in [4.78, 5) is 29.9. The molecule has 2 heterocycles. The number of rotatable bonds is 6. The Morgan fingerprint density at radius 3 is 2.44 bits per heavy atom. The highest BCUT2D eigenvalue weighted by atomic mass is 16.5. The van der Waals surface area contributed by atoms with E-state index < -0.39 is 0 Å². The molecular weight excluding hydrogens is 408 g/mol. The van der Waals surface area contributed by atoms with Crippen LogP contribution in [0.4, 0.5) is 0 Å². The topological polar surface area (TPSA) is 68.3 Å². The largest absolute Gasteiger partial charge is 0.496 e. The van der Waals surface area contributed by atoms with Crippen LogP contribution in [-0.2, 0) is 9.53 Å². The van der Waals surface area contributed by atoms with Crippen LogP contribution in [0.5, 0.6) is 11.5 Å². The number of morpholine rings is 1. The first kappa shape index (κ1) is 22.1. The lowest BCUT2D eigenvalue weighted by Gasteiger charge is -2.39. The first-order chi connectivity index (χ1) is 15.7. The Kier molecular flexibility index (Phi) is 7.27. The van der Waals surface area contributed by atoms with E-state index in [0.717, 1.165) is 5.75 Å². The molecule has 0 radical (unpaired) electrons. The molecule has 4 rings (SSSR count). The first-order valence-electron chi connectivity index (χ1n) is 11.1. The SMILES string of the molecule is COc1ccccc1C(=O)N1CC[C@H](Oc2ccccc2)[C@@H](CC(=O)N2CCOCC2)C1. The zero-order valence-electron chi connectivity index (χ0n) is 18.4. The van der Waals surface area contributed by atoms with Crippen LogP contribution in [0.25, 0.3) is 0 Å². The number of amides is 2. The Morgan fingerprint density at radius 2 is 1.69 bits per heavy atom. The molecule has 7 nitrogen and oxygen atoms in total. The maximum atomic E-state index is 13.3. The van der Waals surface area contributed by atoms with Crippen LogP contribution in [0.2, 0.25) is 0 Å². The molecule has 0 N–H and O–H groups in total. The summed E-state index contributed by atoms with van der Waals surface area (Å²) in [6, 6.07) is 16.9. The van der Waals surface area contributed by atoms with E-state index in [1.165, 1.54) is 0 Å². The lowest BCUT2D eigenvalue weighted by Crippen LogP contribution is -2.50. The smallest absolute Gasteiger partial charge is 0.257 e. The summed E-state index contributed by atoms with van der Waals surface area (Å²) in [5.74, 6) is 1.25. The lowest BCUT2D eigenvalue weighted by molar-refractivity contribution is -0.137. The predicted octanol–water partition coefficient (Wildman–Crippen LogP) is 2.85. The molecule has 2 aliphatic rings. The average molecular weight is 439 g/mol. The zero-order valence-corrected chi connectivity index (χ0v) is 18.4. The van der Waals surface area contributed by atoms with Crippen molar-refractivity contribution in [2.75, 3.05) is 46.5 Å². The molecule has 2 amide bonds. The van der Waals surface area contributed by atoms with Crippen LogP contribution < -0.4 is 9.47 Å². The van der Waals surface area contributed by atoms with Gasteiger partial charge in [-0.25, -0.2) is 0 Å². The molecule has 0 bridgehead atoms. The van der Waals surface area contributed by atoms with E-state index in [4.69, 9.17) is 14.2 Å². The third-order valence-corrected chi connectivity index (χ3v) is 6.12. The van der Waals surface area contributed by atoms with E-state index in [0.29, 0.717) is 63.5 Å². The summed E-state index contributed by atoms with van der Waals surface area (Å²) in [7, 11) is 1.57. The molecule has 2 aromatic rings. The van der Waals surface area contributed by atoms with E-state index in [2.05, 4.69) is 0 Å². The van der Waals surface area contributed by atoms with Crippen molar-refractivity contribution in [2.45, 2.75) is 18.9 Å². The highest BCUT2D eigenvalue weighted by Crippen LogP contribution is 2.29. The third kappa shape index (κ3) is 5.22. The molecule has 0 aliphatic carbocycles. The molecule has 0 unspecified atom stereocenters. The lowest BCUT2D eigenvalue weighted by atomic mass is 9.90. The molecule has 32 heavy (non-hydrogen) atoms. The molecular formula is C25H30N2O5. The number of methoxy groups -OCH3 is 1. The molecule has 0 aromatic heterocycles. The summed E-state index contributed by atoms with van der Waals surface area (Å²) in [6.45, 7) is 3.39. The van der Waals surface area contributed by atoms with Gasteiger partial charge in [-0.05, 0) is 24.3 Å². The monoisotopic (exact) mass is 438 g/mol. The van der Waals surface area contributed by atoms with Crippen molar-refractivity contribution in [1.29, 1.82) is 0 Å². The van der Waals surface area contributed by atoms with Crippen LogP contribution >= 0.6 is 0 Å². The van der Waals surface area contributed by atoms with Crippen LogP contribution in [0, 0.1) is 5.92 Å². The van der Waals surface area contributed by atoms with Gasteiger partial charge < -0.3 is 24.0 Å². The second-order valence-corrected chi connectivity index (χ2v) is 8.17. The van der Waals surface area contributed by atoms with E-state index in [1.807, 2.05) is 52.3 Å². The van der Waals surface area contributed by atoms with Crippen LogP contribution in [0.3, 0.4) is 0 Å². The number of nitrogens with zero attached hydrogens (tertiary/aromatic N) is 2. The average Bonchev–Trinajstić information content (AvgIpc) is 2.85. The number of hydrogen-bond donors (Lipinski definition) is 0. The molecule has 0 saturated carbocycles. The van der Waals surface area contributed by atoms with Gasteiger partial charge in [-0.3, -0.25) is 9.59 Å². The predicted molar refractivity (Wildman–Crippen MR) is 120 cm³/mol. The van der Waals surface area contributed by atoms with Gasteiger partial charge in [0.1, 0.15) is 17.6 Å². The van der Waals surface area contributed by atoms with Gasteiger partial charge in [0.15, 0.2) is 0 Å². The van der Waals surface area contributed by atoms with Crippen molar-refractivity contribution < 1.29 is 23.8 Å². The fraction of sp³-hybridized carbons (Fsp3) is 0.440. The fourth-order valence-electron chi connectivity index (χ4n) is 4.38. The summed E-state index contributed by atoms with van der Waals surface area (Å²) in [6.07, 6.45) is 0.869. The molecule has 2 saturated heterocycles. The summed E-state index contributed by atoms with van der Waals surface area (Å²) in [5.41, 5.74) is 0.538. The van der Waals surface area contributed by atoms with Gasteiger partial charge in [0.25, 0.3) is 5.91 Å². The van der Waals surface area contributed by atoms with Crippen molar-refractivity contribution in [3.8, 4) is 11.5 Å². The van der Waals surface area contributed by atoms with E-state index in [1.54, 1.807) is 19.2 Å². The molecule has 7 heteroatoms. The van der Waals surface area contributed by atoms with Gasteiger partial charge in [0.2, 0.25) is 5.91 Å². The van der Waals surface area contributed by atoms with Crippen LogP contribution in [0.15, 0.2) is 54.6 Å². The normalized spacial score (nSPS) is 21.2. The van der Waals surface area contributed by atoms with Crippen LogP contribution in [0.1, 0.15) is 23.2 Å². The molecule has 2 atom stereocenters. The van der Waals surface area contributed by atoms with Crippen molar-refractivity contribution >= 4 is 11.8 Å². The first-order valence-corrected chi connectivity index (χ1v) is 11.1. The van der Waals surface area contributed by atoms with Gasteiger partial charge in [0.05, 0.1) is 25.9 Å². The van der Waals surface area contributed by atoms with Crippen LogP contribution in [-0.4, -0.2) is 74.2 Å². The number of benzene rings is 2. The highest BCUT2D eigenvalue weighted by molar-refractivity contribution is 5.97. The second kappa shape index (κ2) is 10.5. The number of likely N-dealkylation sites (tertiary alicyclic amines) is 1. The summed E-state index contributed by atoms with van der Waals surface area (Å²) >= 11 is 0. The Labute approximate surface area is 188 Å². The molecule has 170 valence electrons. The number of carbonyl (C=O) groups is 2. The molecule has 2 fully saturated rings. The maximum Gasteiger partial charge on any atom is 0.257 e. The Hall–Kier alpha value is -3.06. The molecule has 2 aliphatic heterocycles. The third-order valence-electron chi connectivity index (χ3n) is 6.12. The van der Waals surface area contributed by atoms with E-state index in [9.17, 15) is 9.59 Å². The maximum absolute atomic E-state index is 13.3. The van der Waals surface area contributed by atoms with Gasteiger partial charge >= 0.3 is 0 Å². The Bertz CT molecular complexity index is 914. The zero-order chi connectivity index (χ0) is 22.3. The van der Waals surface area contributed by atoms with Crippen molar-refractivity contribution in [3.05, 3.63) is 60.2 Å². The van der Waals surface area contributed by atoms with Gasteiger partial charge in [-0.1, -0.05) is 30.3 Å². The van der Waals surface area contributed by atoms with Crippen molar-refractivity contribution in [1.82, 2.24) is 9.80 Å². The number of para-hydroxylation sites is 2. The van der Waals surface area contributed by atoms with Gasteiger partial charge in [-0.15, -0.1) is 0 Å². The number of hydrogen-bond acceptors (Lipinski definition) is 5. The molecule has 2 aromatic carbocycles. The van der Waals surface area contributed by atoms with Crippen molar-refractivity contribution in [2.24, 2.45) is 5.92 Å². The fourth-order valence-corrected chi connectivity index (χ4v) is 4.38. The quantitative estimate of drug-likeness (QED) is 0.694. The summed E-state index contributed by atoms with van der Waals surface area (Å²) < 4.78 is 17.0. The Balaban J connectivity index is 1.50. The minimum Gasteiger partial charge on any atom is -0.496 e. The minimum atomic E-state index is -0.135. The van der Waals surface area contributed by atoms with Gasteiger partial charge in [0, 0.05) is 44.9 Å². The van der Waals surface area contributed by atoms with Gasteiger partial charge in [-0.2, -0.15) is 0 Å². The second-order valence-electron chi connectivity index (χ2n) is 8.17.